The van der Waals surface area contributed by atoms with Crippen molar-refractivity contribution in [2.45, 2.75) is 69.3 Å². The number of alkyl halides is 3. The lowest BCUT2D eigenvalue weighted by atomic mass is 9.80. The number of aromatic nitrogens is 3. The van der Waals surface area contributed by atoms with Crippen molar-refractivity contribution in [1.29, 1.82) is 0 Å². The maximum Gasteiger partial charge on any atom is 0.416 e. The summed E-state index contributed by atoms with van der Waals surface area (Å²) in [6.45, 7) is 5.68. The van der Waals surface area contributed by atoms with Crippen molar-refractivity contribution >= 4 is 34.0 Å². The number of likely N-dealkylation sites (tertiary alicyclic amines) is 1. The molecule has 0 atom stereocenters. The summed E-state index contributed by atoms with van der Waals surface area (Å²) in [7, 11) is 1.64. The molecular weight excluding hydrogens is 517 g/mol. The maximum atomic E-state index is 13.1. The third kappa shape index (κ3) is 5.39. The predicted molar refractivity (Wildman–Crippen MR) is 140 cm³/mol. The van der Waals surface area contributed by atoms with E-state index in [0.717, 1.165) is 47.9 Å². The van der Waals surface area contributed by atoms with E-state index < -0.39 is 17.3 Å². The number of carbonyl (C=O) groups is 1. The van der Waals surface area contributed by atoms with Crippen LogP contribution in [-0.4, -0.2) is 69.9 Å². The quantitative estimate of drug-likeness (QED) is 0.408. The number of benzene rings is 1. The third-order valence-corrected chi connectivity index (χ3v) is 9.15. The molecule has 1 aromatic carbocycles. The van der Waals surface area contributed by atoms with E-state index in [-0.39, 0.29) is 18.5 Å². The summed E-state index contributed by atoms with van der Waals surface area (Å²) in [6, 6.07) is 3.81. The lowest BCUT2D eigenvalue weighted by molar-refractivity contribution is -0.137. The first-order valence-corrected chi connectivity index (χ1v) is 13.7. The van der Waals surface area contributed by atoms with Crippen LogP contribution in [0.4, 0.5) is 19.0 Å². The molecule has 1 aliphatic carbocycles. The average Bonchev–Trinajstić information content (AvgIpc) is 3.49. The number of rotatable bonds is 7. The summed E-state index contributed by atoms with van der Waals surface area (Å²) in [6.07, 6.45) is 0.548. The van der Waals surface area contributed by atoms with Crippen LogP contribution in [-0.2, 0) is 16.6 Å². The van der Waals surface area contributed by atoms with Crippen molar-refractivity contribution in [2.75, 3.05) is 31.6 Å². The van der Waals surface area contributed by atoms with Crippen LogP contribution >= 0.6 is 11.3 Å². The molecular formula is C26H33F3N6O2S. The fourth-order valence-corrected chi connectivity index (χ4v) is 6.46. The number of halogens is 3. The summed E-state index contributed by atoms with van der Waals surface area (Å²) in [5, 5.41) is 22.5. The van der Waals surface area contributed by atoms with Crippen LogP contribution in [0.5, 0.6) is 0 Å². The van der Waals surface area contributed by atoms with E-state index in [9.17, 15) is 23.1 Å². The smallest absolute Gasteiger partial charge is 0.384 e. The minimum atomic E-state index is -4.45. The van der Waals surface area contributed by atoms with Crippen LogP contribution in [0.15, 0.2) is 24.4 Å². The van der Waals surface area contributed by atoms with E-state index in [0.29, 0.717) is 41.5 Å². The van der Waals surface area contributed by atoms with E-state index in [1.165, 1.54) is 6.07 Å². The van der Waals surface area contributed by atoms with Gasteiger partial charge < -0.3 is 15.3 Å². The van der Waals surface area contributed by atoms with Crippen molar-refractivity contribution in [2.24, 2.45) is 0 Å². The molecule has 38 heavy (non-hydrogen) atoms. The number of nitrogens with one attached hydrogen (secondary N) is 2. The predicted octanol–water partition coefficient (Wildman–Crippen LogP) is 4.23. The highest BCUT2D eigenvalue weighted by atomic mass is 32.1. The Labute approximate surface area is 223 Å². The highest BCUT2D eigenvalue weighted by Gasteiger charge is 2.41. The van der Waals surface area contributed by atoms with Gasteiger partial charge in [-0.05, 0) is 43.9 Å². The fraction of sp³-hybridized carbons (Fsp3) is 0.577. The summed E-state index contributed by atoms with van der Waals surface area (Å²) >= 11 is 1.61. The number of hydrogen-bond acceptors (Lipinski definition) is 7. The number of aliphatic hydroxyl groups is 1. The van der Waals surface area contributed by atoms with E-state index in [2.05, 4.69) is 39.2 Å². The summed E-state index contributed by atoms with van der Waals surface area (Å²) in [5.74, 6) is 0.444. The van der Waals surface area contributed by atoms with Gasteiger partial charge in [0.05, 0.1) is 33.6 Å². The number of hydrogen-bond donors (Lipinski definition) is 3. The van der Waals surface area contributed by atoms with Gasteiger partial charge in [0, 0.05) is 43.7 Å². The van der Waals surface area contributed by atoms with Gasteiger partial charge in [0.15, 0.2) is 5.82 Å². The second-order valence-corrected chi connectivity index (χ2v) is 11.9. The zero-order chi connectivity index (χ0) is 27.2. The number of carbonyl (C=O) groups excluding carboxylic acids is 1. The molecule has 5 rings (SSSR count). The Morgan fingerprint density at radius 3 is 2.66 bits per heavy atom. The molecule has 2 fully saturated rings. The number of H-pyrrole nitrogens is 1. The van der Waals surface area contributed by atoms with Gasteiger partial charge in [-0.15, -0.1) is 11.3 Å². The van der Waals surface area contributed by atoms with Crippen LogP contribution in [0.3, 0.4) is 0 Å². The second-order valence-electron chi connectivity index (χ2n) is 10.9. The van der Waals surface area contributed by atoms with Gasteiger partial charge in [0.25, 0.3) is 0 Å². The van der Waals surface area contributed by atoms with Gasteiger partial charge in [-0.2, -0.15) is 18.3 Å². The first kappa shape index (κ1) is 26.9. The Hall–Kier alpha value is -2.70. The van der Waals surface area contributed by atoms with Crippen LogP contribution < -0.4 is 10.2 Å². The number of nitrogens with zero attached hydrogens (tertiary/aromatic N) is 4. The van der Waals surface area contributed by atoms with Crippen molar-refractivity contribution in [3.63, 3.8) is 0 Å². The van der Waals surface area contributed by atoms with Gasteiger partial charge in [0.2, 0.25) is 5.91 Å². The molecule has 2 aromatic heterocycles. The van der Waals surface area contributed by atoms with Gasteiger partial charge in [-0.1, -0.05) is 13.8 Å². The number of fused-ring (bicyclic) bond motifs is 1. The highest BCUT2D eigenvalue weighted by molar-refractivity contribution is 7.11. The fourth-order valence-electron chi connectivity index (χ4n) is 5.39. The number of aromatic amines is 1. The normalized spacial score (nSPS) is 23.1. The van der Waals surface area contributed by atoms with Gasteiger partial charge in [-0.3, -0.25) is 14.8 Å². The van der Waals surface area contributed by atoms with Gasteiger partial charge in [0.1, 0.15) is 5.60 Å². The molecule has 3 aromatic rings. The number of thiazole rings is 1. The summed E-state index contributed by atoms with van der Waals surface area (Å²) in [4.78, 5) is 22.0. The first-order chi connectivity index (χ1) is 17.9. The zero-order valence-electron chi connectivity index (χ0n) is 21.7. The Kier molecular flexibility index (Phi) is 7.16. The topological polar surface area (TPSA) is 97.4 Å². The molecule has 0 bridgehead atoms. The van der Waals surface area contributed by atoms with Crippen molar-refractivity contribution < 1.29 is 23.1 Å². The SMILES string of the molecule is CC(C)c1ncc(C2(O)CCC(N3CC(NC(=O)CN(C)c4n[nH]c5ccc(C(F)(F)F)cc45)C3)CC2)s1. The van der Waals surface area contributed by atoms with Crippen LogP contribution in [0, 0.1) is 0 Å². The lowest BCUT2D eigenvalue weighted by Gasteiger charge is -2.48. The second kappa shape index (κ2) is 10.1. The molecule has 0 spiro atoms. The molecule has 3 heterocycles. The Balaban J connectivity index is 1.10. The molecule has 12 heteroatoms. The molecule has 206 valence electrons. The molecule has 1 saturated heterocycles. The molecule has 1 amide bonds. The van der Waals surface area contributed by atoms with Crippen LogP contribution in [0.2, 0.25) is 0 Å². The number of anilines is 1. The van der Waals surface area contributed by atoms with E-state index in [4.69, 9.17) is 0 Å². The maximum absolute atomic E-state index is 13.1. The standard InChI is InChI=1S/C26H33F3N6O2S/c1-15(2)24-30-11-21(38-24)25(37)8-6-18(7-9-25)35-12-17(13-35)31-22(36)14-34(3)23-19-10-16(26(27,28)29)4-5-20(19)32-33-23/h4-5,10-11,15,17-18,37H,6-9,12-14H2,1-3H3,(H,31,36)(H,32,33). The monoisotopic (exact) mass is 550 g/mol. The minimum absolute atomic E-state index is 0.0175. The largest absolute Gasteiger partial charge is 0.416 e. The molecule has 3 N–H and O–H groups in total. The lowest BCUT2D eigenvalue weighted by Crippen LogP contribution is -2.63. The molecule has 1 aliphatic heterocycles. The van der Waals surface area contributed by atoms with Gasteiger partial charge >= 0.3 is 6.18 Å². The third-order valence-electron chi connectivity index (χ3n) is 7.66. The molecule has 0 unspecified atom stereocenters. The van der Waals surface area contributed by atoms with E-state index in [1.54, 1.807) is 23.3 Å². The van der Waals surface area contributed by atoms with Crippen molar-refractivity contribution in [3.8, 4) is 0 Å². The summed E-state index contributed by atoms with van der Waals surface area (Å²) < 4.78 is 39.4. The Bertz CT molecular complexity index is 1290. The van der Waals surface area contributed by atoms with Crippen molar-refractivity contribution in [3.05, 3.63) is 39.8 Å². The van der Waals surface area contributed by atoms with E-state index >= 15 is 0 Å². The molecule has 2 aliphatic rings. The summed E-state index contributed by atoms with van der Waals surface area (Å²) in [5.41, 5.74) is -1.08. The average molecular weight is 551 g/mol. The number of likely N-dealkylation sites (N-methyl/N-ethyl adjacent to an activating group) is 1. The Morgan fingerprint density at radius 1 is 1.32 bits per heavy atom. The van der Waals surface area contributed by atoms with Gasteiger partial charge in [-0.25, -0.2) is 4.98 Å². The van der Waals surface area contributed by atoms with E-state index in [1.807, 2.05) is 6.20 Å². The van der Waals surface area contributed by atoms with Crippen LogP contribution in [0.1, 0.15) is 60.9 Å². The zero-order valence-corrected chi connectivity index (χ0v) is 22.5. The Morgan fingerprint density at radius 2 is 2.03 bits per heavy atom. The van der Waals surface area contributed by atoms with Crippen LogP contribution in [0.25, 0.3) is 10.9 Å². The highest BCUT2D eigenvalue weighted by Crippen LogP contribution is 2.42. The molecule has 1 saturated carbocycles. The molecule has 0 radical (unpaired) electrons. The molecule has 8 nitrogen and oxygen atoms in total. The first-order valence-electron chi connectivity index (χ1n) is 12.9. The number of amides is 1. The van der Waals surface area contributed by atoms with Crippen molar-refractivity contribution in [1.82, 2.24) is 25.4 Å². The minimum Gasteiger partial charge on any atom is -0.384 e.